The van der Waals surface area contributed by atoms with E-state index in [9.17, 15) is 19.7 Å². The summed E-state index contributed by atoms with van der Waals surface area (Å²) in [5.41, 5.74) is -0.547. The van der Waals surface area contributed by atoms with E-state index in [1.807, 2.05) is 0 Å². The van der Waals surface area contributed by atoms with Gasteiger partial charge in [-0.3, -0.25) is 24.3 Å². The van der Waals surface area contributed by atoms with Gasteiger partial charge in [-0.1, -0.05) is 23.7 Å². The Morgan fingerprint density at radius 2 is 1.96 bits per heavy atom. The van der Waals surface area contributed by atoms with Crippen LogP contribution in [-0.4, -0.2) is 15.4 Å². The minimum absolute atomic E-state index is 0.358. The molecule has 0 aliphatic carbocycles. The highest BCUT2D eigenvalue weighted by molar-refractivity contribution is 6.33. The maximum Gasteiger partial charge on any atom is 0.334 e. The predicted octanol–water partition coefficient (Wildman–Crippen LogP) is 2.92. The Hall–Kier alpha value is -2.67. The third kappa shape index (κ3) is 3.40. The number of amides is 1. The van der Waals surface area contributed by atoms with Gasteiger partial charge in [0.15, 0.2) is 0 Å². The zero-order chi connectivity index (χ0) is 17.1. The number of hydrogen-bond acceptors (Lipinski definition) is 4. The summed E-state index contributed by atoms with van der Waals surface area (Å²) >= 11 is 5.98. The summed E-state index contributed by atoms with van der Waals surface area (Å²) in [4.78, 5) is 34.7. The maximum atomic E-state index is 12.4. The van der Waals surface area contributed by atoms with Gasteiger partial charge in [-0.25, -0.2) is 0 Å². The number of aryl methyl sites for hydroxylation is 1. The van der Waals surface area contributed by atoms with Gasteiger partial charge < -0.3 is 5.32 Å². The lowest BCUT2D eigenvalue weighted by molar-refractivity contribution is -0.386. The Morgan fingerprint density at radius 3 is 2.57 bits per heavy atom. The van der Waals surface area contributed by atoms with Gasteiger partial charge >= 0.3 is 11.2 Å². The average molecular weight is 336 g/mol. The molecular formula is C15H14ClN3O4. The van der Waals surface area contributed by atoms with Crippen molar-refractivity contribution in [1.29, 1.82) is 0 Å². The van der Waals surface area contributed by atoms with Crippen LogP contribution in [0.2, 0.25) is 5.02 Å². The molecule has 0 saturated carbocycles. The number of pyridine rings is 1. The summed E-state index contributed by atoms with van der Waals surface area (Å²) < 4.78 is 1.09. The Morgan fingerprint density at radius 1 is 1.30 bits per heavy atom. The van der Waals surface area contributed by atoms with Crippen LogP contribution in [0.3, 0.4) is 0 Å². The van der Waals surface area contributed by atoms with Gasteiger partial charge in [-0.05, 0) is 32.0 Å². The second-order valence-corrected chi connectivity index (χ2v) is 5.34. The molecule has 1 N–H and O–H groups in total. The number of nitrogens with one attached hydrogen (secondary N) is 1. The largest absolute Gasteiger partial charge is 0.334 e. The van der Waals surface area contributed by atoms with Gasteiger partial charge in [0.2, 0.25) is 5.91 Å². The highest BCUT2D eigenvalue weighted by Gasteiger charge is 2.23. The second-order valence-electron chi connectivity index (χ2n) is 4.94. The molecule has 2 rings (SSSR count). The molecule has 1 amide bonds. The molecule has 1 heterocycles. The van der Waals surface area contributed by atoms with E-state index in [0.29, 0.717) is 16.4 Å². The summed E-state index contributed by atoms with van der Waals surface area (Å²) in [5, 5.41) is 13.9. The van der Waals surface area contributed by atoms with Gasteiger partial charge in [-0.2, -0.15) is 0 Å². The summed E-state index contributed by atoms with van der Waals surface area (Å²) in [6.07, 6.45) is 0. The molecule has 0 aliphatic rings. The number of carbonyl (C=O) groups excluding carboxylic acids is 1. The van der Waals surface area contributed by atoms with E-state index in [1.54, 1.807) is 31.2 Å². The van der Waals surface area contributed by atoms with Crippen LogP contribution in [0.5, 0.6) is 0 Å². The van der Waals surface area contributed by atoms with E-state index in [0.717, 1.165) is 10.6 Å². The third-order valence-corrected chi connectivity index (χ3v) is 3.73. The monoisotopic (exact) mass is 335 g/mol. The zero-order valence-corrected chi connectivity index (χ0v) is 13.2. The fourth-order valence-electron chi connectivity index (χ4n) is 2.17. The first-order chi connectivity index (χ1) is 10.8. The number of carbonyl (C=O) groups is 1. The van der Waals surface area contributed by atoms with Gasteiger partial charge in [0.05, 0.1) is 15.6 Å². The van der Waals surface area contributed by atoms with Crippen LogP contribution < -0.4 is 10.9 Å². The van der Waals surface area contributed by atoms with Crippen LogP contribution in [0, 0.1) is 17.0 Å². The quantitative estimate of drug-likeness (QED) is 0.686. The molecule has 1 unspecified atom stereocenters. The standard InChI is InChI=1S/C15H14ClN3O4/c1-9-7-8-13(19(22)23)15(21)18(9)10(2)14(20)17-12-6-4-3-5-11(12)16/h3-8,10H,1-2H3,(H,17,20). The third-order valence-electron chi connectivity index (χ3n) is 3.40. The van der Waals surface area contributed by atoms with Crippen molar-refractivity contribution in [2.45, 2.75) is 19.9 Å². The number of halogens is 1. The van der Waals surface area contributed by atoms with Crippen molar-refractivity contribution in [1.82, 2.24) is 4.57 Å². The van der Waals surface area contributed by atoms with Crippen molar-refractivity contribution in [3.05, 3.63) is 67.6 Å². The molecule has 120 valence electrons. The Kier molecular flexibility index (Phi) is 4.80. The zero-order valence-electron chi connectivity index (χ0n) is 12.4. The molecule has 0 fully saturated rings. The molecule has 0 aliphatic heterocycles. The maximum absolute atomic E-state index is 12.4. The predicted molar refractivity (Wildman–Crippen MR) is 86.9 cm³/mol. The van der Waals surface area contributed by atoms with Crippen LogP contribution >= 0.6 is 11.6 Å². The van der Waals surface area contributed by atoms with Crippen molar-refractivity contribution >= 4 is 28.9 Å². The molecule has 1 aromatic heterocycles. The molecule has 8 heteroatoms. The van der Waals surface area contributed by atoms with Gasteiger partial charge in [0, 0.05) is 11.8 Å². The number of para-hydroxylation sites is 1. The highest BCUT2D eigenvalue weighted by Crippen LogP contribution is 2.22. The molecule has 0 spiro atoms. The number of nitro groups is 1. The van der Waals surface area contributed by atoms with Gasteiger partial charge in [0.25, 0.3) is 0 Å². The SMILES string of the molecule is Cc1ccc([N+](=O)[O-])c(=O)n1C(C)C(=O)Nc1ccccc1Cl. The van der Waals surface area contributed by atoms with Gasteiger partial charge in [0.1, 0.15) is 6.04 Å². The second kappa shape index (κ2) is 6.62. The lowest BCUT2D eigenvalue weighted by Gasteiger charge is -2.17. The Labute approximate surface area is 136 Å². The molecule has 0 bridgehead atoms. The van der Waals surface area contributed by atoms with Crippen molar-refractivity contribution < 1.29 is 9.72 Å². The number of benzene rings is 1. The summed E-state index contributed by atoms with van der Waals surface area (Å²) in [6, 6.07) is 8.29. The number of hydrogen-bond donors (Lipinski definition) is 1. The molecule has 0 saturated heterocycles. The van der Waals surface area contributed by atoms with E-state index >= 15 is 0 Å². The smallest absolute Gasteiger partial charge is 0.323 e. The first-order valence-electron chi connectivity index (χ1n) is 6.75. The lowest BCUT2D eigenvalue weighted by atomic mass is 10.2. The minimum Gasteiger partial charge on any atom is -0.323 e. The number of aromatic nitrogens is 1. The average Bonchev–Trinajstić information content (AvgIpc) is 2.49. The van der Waals surface area contributed by atoms with E-state index in [2.05, 4.69) is 5.32 Å². The summed E-state index contributed by atoms with van der Waals surface area (Å²) in [5.74, 6) is -0.496. The van der Waals surface area contributed by atoms with Crippen molar-refractivity contribution in [3.63, 3.8) is 0 Å². The highest BCUT2D eigenvalue weighted by atomic mass is 35.5. The van der Waals surface area contributed by atoms with Crippen LogP contribution in [0.25, 0.3) is 0 Å². The van der Waals surface area contributed by atoms with Crippen molar-refractivity contribution in [3.8, 4) is 0 Å². The molecular weight excluding hydrogens is 322 g/mol. The Balaban J connectivity index is 2.37. The molecule has 2 aromatic rings. The minimum atomic E-state index is -0.932. The topological polar surface area (TPSA) is 94.2 Å². The van der Waals surface area contributed by atoms with Crippen LogP contribution in [0.1, 0.15) is 18.7 Å². The molecule has 1 aromatic carbocycles. The lowest BCUT2D eigenvalue weighted by Crippen LogP contribution is -2.33. The number of rotatable bonds is 4. The molecule has 7 nitrogen and oxygen atoms in total. The first-order valence-corrected chi connectivity index (χ1v) is 7.12. The van der Waals surface area contributed by atoms with E-state index in [4.69, 9.17) is 11.6 Å². The molecule has 23 heavy (non-hydrogen) atoms. The molecule has 1 atom stereocenters. The molecule has 0 radical (unpaired) electrons. The van der Waals surface area contributed by atoms with Crippen LogP contribution in [0.4, 0.5) is 11.4 Å². The van der Waals surface area contributed by atoms with E-state index in [1.165, 1.54) is 13.0 Å². The Bertz CT molecular complexity index is 832. The normalized spacial score (nSPS) is 11.8. The van der Waals surface area contributed by atoms with Crippen molar-refractivity contribution in [2.24, 2.45) is 0 Å². The number of nitrogens with zero attached hydrogens (tertiary/aromatic N) is 2. The van der Waals surface area contributed by atoms with E-state index in [-0.39, 0.29) is 0 Å². The number of anilines is 1. The van der Waals surface area contributed by atoms with Crippen LogP contribution in [-0.2, 0) is 4.79 Å². The fourth-order valence-corrected chi connectivity index (χ4v) is 2.35. The summed E-state index contributed by atoms with van der Waals surface area (Å²) in [6.45, 7) is 3.09. The van der Waals surface area contributed by atoms with Crippen LogP contribution in [0.15, 0.2) is 41.2 Å². The first kappa shape index (κ1) is 16.7. The fraction of sp³-hybridized carbons (Fsp3) is 0.200. The van der Waals surface area contributed by atoms with Crippen molar-refractivity contribution in [2.75, 3.05) is 5.32 Å². The van der Waals surface area contributed by atoms with Gasteiger partial charge in [-0.15, -0.1) is 0 Å². The summed E-state index contributed by atoms with van der Waals surface area (Å²) in [7, 11) is 0. The van der Waals surface area contributed by atoms with E-state index < -0.39 is 28.1 Å².